The van der Waals surface area contributed by atoms with Gasteiger partial charge in [0.15, 0.2) is 0 Å². The lowest BCUT2D eigenvalue weighted by Gasteiger charge is -2.02. The van der Waals surface area contributed by atoms with Crippen LogP contribution in [0.25, 0.3) is 6.08 Å². The second-order valence-electron chi connectivity index (χ2n) is 3.04. The summed E-state index contributed by atoms with van der Waals surface area (Å²) in [5.41, 5.74) is 0.876. The summed E-state index contributed by atoms with van der Waals surface area (Å²) in [6.45, 7) is 0.512. The van der Waals surface area contributed by atoms with Gasteiger partial charge in [0.05, 0.1) is 6.10 Å². The number of hydrogen-bond acceptors (Lipinski definition) is 2. The van der Waals surface area contributed by atoms with Gasteiger partial charge in [0.1, 0.15) is 5.82 Å². The molecule has 1 atom stereocenters. The second kappa shape index (κ2) is 5.52. The first kappa shape index (κ1) is 10.9. The van der Waals surface area contributed by atoms with Crippen molar-refractivity contribution in [2.45, 2.75) is 6.10 Å². The predicted octanol–water partition coefficient (Wildman–Crippen LogP) is 1.42. The summed E-state index contributed by atoms with van der Waals surface area (Å²) in [7, 11) is 1.77. The maximum absolute atomic E-state index is 12.5. The molecule has 1 rings (SSSR count). The molecule has 1 aromatic rings. The Hall–Kier alpha value is -1.19. The lowest BCUT2D eigenvalue weighted by Crippen LogP contribution is -2.20. The average molecular weight is 195 g/mol. The highest BCUT2D eigenvalue weighted by Crippen LogP contribution is 2.04. The van der Waals surface area contributed by atoms with Crippen LogP contribution < -0.4 is 5.32 Å². The van der Waals surface area contributed by atoms with Gasteiger partial charge in [0.25, 0.3) is 0 Å². The maximum atomic E-state index is 12.5. The quantitative estimate of drug-likeness (QED) is 0.761. The van der Waals surface area contributed by atoms with Crippen molar-refractivity contribution in [3.05, 3.63) is 41.7 Å². The van der Waals surface area contributed by atoms with E-state index in [1.807, 2.05) is 0 Å². The number of rotatable bonds is 4. The third-order valence-corrected chi connectivity index (χ3v) is 1.79. The van der Waals surface area contributed by atoms with E-state index in [-0.39, 0.29) is 5.82 Å². The van der Waals surface area contributed by atoms with Crippen molar-refractivity contribution in [2.24, 2.45) is 0 Å². The molecule has 3 heteroatoms. The van der Waals surface area contributed by atoms with Crippen LogP contribution in [0.2, 0.25) is 0 Å². The first-order valence-electron chi connectivity index (χ1n) is 4.49. The fraction of sp³-hybridized carbons (Fsp3) is 0.273. The zero-order chi connectivity index (χ0) is 10.4. The molecule has 0 heterocycles. The summed E-state index contributed by atoms with van der Waals surface area (Å²) < 4.78 is 12.5. The van der Waals surface area contributed by atoms with Crippen LogP contribution >= 0.6 is 0 Å². The molecule has 1 unspecified atom stereocenters. The Balaban J connectivity index is 2.55. The summed E-state index contributed by atoms with van der Waals surface area (Å²) in [6, 6.07) is 6.12. The van der Waals surface area contributed by atoms with Crippen molar-refractivity contribution in [1.29, 1.82) is 0 Å². The van der Waals surface area contributed by atoms with Gasteiger partial charge in [-0.2, -0.15) is 0 Å². The first-order chi connectivity index (χ1) is 6.72. The van der Waals surface area contributed by atoms with Gasteiger partial charge in [0.2, 0.25) is 0 Å². The topological polar surface area (TPSA) is 32.3 Å². The third kappa shape index (κ3) is 3.68. The van der Waals surface area contributed by atoms with Crippen molar-refractivity contribution < 1.29 is 9.50 Å². The number of benzene rings is 1. The summed E-state index contributed by atoms with van der Waals surface area (Å²) >= 11 is 0. The minimum atomic E-state index is -0.509. The van der Waals surface area contributed by atoms with Crippen molar-refractivity contribution >= 4 is 6.08 Å². The highest BCUT2D eigenvalue weighted by Gasteiger charge is 1.95. The Bertz CT molecular complexity index is 295. The number of halogens is 1. The van der Waals surface area contributed by atoms with Gasteiger partial charge >= 0.3 is 0 Å². The van der Waals surface area contributed by atoms with E-state index in [0.29, 0.717) is 6.54 Å². The molecule has 2 N–H and O–H groups in total. The molecule has 1 aromatic carbocycles. The highest BCUT2D eigenvalue weighted by atomic mass is 19.1. The Morgan fingerprint density at radius 3 is 2.64 bits per heavy atom. The lowest BCUT2D eigenvalue weighted by atomic mass is 10.2. The zero-order valence-electron chi connectivity index (χ0n) is 8.07. The average Bonchev–Trinajstić information content (AvgIpc) is 2.17. The fourth-order valence-electron chi connectivity index (χ4n) is 1.07. The fourth-order valence-corrected chi connectivity index (χ4v) is 1.07. The molecule has 0 bridgehead atoms. The number of likely N-dealkylation sites (N-methyl/N-ethyl adjacent to an activating group) is 1. The normalized spacial score (nSPS) is 13.4. The summed E-state index contributed by atoms with van der Waals surface area (Å²) in [5.74, 6) is -0.252. The molecule has 0 saturated heterocycles. The number of aliphatic hydroxyl groups excluding tert-OH is 1. The van der Waals surface area contributed by atoms with Crippen LogP contribution in [0.4, 0.5) is 4.39 Å². The van der Waals surface area contributed by atoms with E-state index in [4.69, 9.17) is 0 Å². The standard InChI is InChI=1S/C11H14FNO/c1-13-8-11(14)7-4-9-2-5-10(12)6-3-9/h2-7,11,13-14H,8H2,1H3/b7-4+. The van der Waals surface area contributed by atoms with Gasteiger partial charge in [-0.05, 0) is 24.7 Å². The third-order valence-electron chi connectivity index (χ3n) is 1.79. The largest absolute Gasteiger partial charge is 0.388 e. The molecule has 0 aromatic heterocycles. The van der Waals surface area contributed by atoms with Gasteiger partial charge in [0, 0.05) is 6.54 Å². The Kier molecular flexibility index (Phi) is 4.29. The minimum Gasteiger partial charge on any atom is -0.388 e. The van der Waals surface area contributed by atoms with Crippen LogP contribution in [-0.4, -0.2) is 24.8 Å². The summed E-state index contributed by atoms with van der Waals surface area (Å²) in [4.78, 5) is 0. The summed E-state index contributed by atoms with van der Waals surface area (Å²) in [6.07, 6.45) is 2.93. The number of aliphatic hydroxyl groups is 1. The van der Waals surface area contributed by atoms with Crippen molar-refractivity contribution in [3.8, 4) is 0 Å². The van der Waals surface area contributed by atoms with Gasteiger partial charge < -0.3 is 10.4 Å². The minimum absolute atomic E-state index is 0.252. The molecule has 0 fully saturated rings. The summed E-state index contributed by atoms with van der Waals surface area (Å²) in [5, 5.41) is 12.2. The number of hydrogen-bond donors (Lipinski definition) is 2. The van der Waals surface area contributed by atoms with Gasteiger partial charge in [-0.3, -0.25) is 0 Å². The van der Waals surface area contributed by atoms with Crippen LogP contribution in [-0.2, 0) is 0 Å². The smallest absolute Gasteiger partial charge is 0.123 e. The molecule has 2 nitrogen and oxygen atoms in total. The Morgan fingerprint density at radius 2 is 2.07 bits per heavy atom. The molecule has 0 aliphatic rings. The van der Waals surface area contributed by atoms with E-state index in [1.165, 1.54) is 12.1 Å². The van der Waals surface area contributed by atoms with E-state index < -0.39 is 6.10 Å². The van der Waals surface area contributed by atoms with E-state index in [2.05, 4.69) is 5.32 Å². The monoisotopic (exact) mass is 195 g/mol. The van der Waals surface area contributed by atoms with Crippen LogP contribution in [0.3, 0.4) is 0 Å². The molecular formula is C11H14FNO. The molecule has 0 radical (unpaired) electrons. The lowest BCUT2D eigenvalue weighted by molar-refractivity contribution is 0.223. The van der Waals surface area contributed by atoms with Crippen LogP contribution in [0, 0.1) is 5.82 Å². The van der Waals surface area contributed by atoms with Crippen LogP contribution in [0.5, 0.6) is 0 Å². The van der Waals surface area contributed by atoms with Gasteiger partial charge in [-0.1, -0.05) is 24.3 Å². The maximum Gasteiger partial charge on any atom is 0.123 e. The SMILES string of the molecule is CNCC(O)/C=C/c1ccc(F)cc1. The van der Waals surface area contributed by atoms with E-state index in [0.717, 1.165) is 5.56 Å². The Labute approximate surface area is 83.1 Å². The van der Waals surface area contributed by atoms with Crippen LogP contribution in [0.15, 0.2) is 30.3 Å². The van der Waals surface area contributed by atoms with Crippen molar-refractivity contribution in [2.75, 3.05) is 13.6 Å². The van der Waals surface area contributed by atoms with Crippen molar-refractivity contribution in [1.82, 2.24) is 5.32 Å². The molecule has 0 aliphatic carbocycles. The van der Waals surface area contributed by atoms with Gasteiger partial charge in [-0.25, -0.2) is 4.39 Å². The molecule has 0 saturated carbocycles. The molecule has 76 valence electrons. The second-order valence-corrected chi connectivity index (χ2v) is 3.04. The van der Waals surface area contributed by atoms with Crippen LogP contribution in [0.1, 0.15) is 5.56 Å². The molecule has 0 spiro atoms. The van der Waals surface area contributed by atoms with Crippen molar-refractivity contribution in [3.63, 3.8) is 0 Å². The highest BCUT2D eigenvalue weighted by molar-refractivity contribution is 5.49. The van der Waals surface area contributed by atoms with E-state index in [9.17, 15) is 9.50 Å². The van der Waals surface area contributed by atoms with E-state index in [1.54, 1.807) is 31.3 Å². The Morgan fingerprint density at radius 1 is 1.43 bits per heavy atom. The van der Waals surface area contributed by atoms with Gasteiger partial charge in [-0.15, -0.1) is 0 Å². The number of nitrogens with one attached hydrogen (secondary N) is 1. The first-order valence-corrected chi connectivity index (χ1v) is 4.49. The zero-order valence-corrected chi connectivity index (χ0v) is 8.07. The molecule has 14 heavy (non-hydrogen) atoms. The molecule has 0 amide bonds. The molecule has 0 aliphatic heterocycles. The van der Waals surface area contributed by atoms with E-state index >= 15 is 0 Å². The molecular weight excluding hydrogens is 181 g/mol. The predicted molar refractivity (Wildman–Crippen MR) is 55.4 cm³/mol.